The van der Waals surface area contributed by atoms with E-state index in [0.29, 0.717) is 6.42 Å². The number of carbonyl (C=O) groups is 2. The lowest BCUT2D eigenvalue weighted by Gasteiger charge is -2.11. The third-order valence-electron chi connectivity index (χ3n) is 5.94. The summed E-state index contributed by atoms with van der Waals surface area (Å²) in [6, 6.07) is 0. The second-order valence-electron chi connectivity index (χ2n) is 9.14. The molecule has 0 heterocycles. The number of aliphatic hydroxyl groups is 1. The average molecular weight is 443 g/mol. The Balaban J connectivity index is 3.24. The molecule has 0 bridgehead atoms. The first-order chi connectivity index (χ1) is 15.0. The predicted octanol–water partition coefficient (Wildman–Crippen LogP) is 6.74. The second kappa shape index (κ2) is 22.1. The van der Waals surface area contributed by atoms with Gasteiger partial charge in [0.05, 0.1) is 0 Å². The first kappa shape index (κ1) is 29.9. The zero-order valence-corrected chi connectivity index (χ0v) is 20.7. The molecule has 0 spiro atoms. The van der Waals surface area contributed by atoms with Gasteiger partial charge in [0, 0.05) is 13.3 Å². The standard InChI is InChI=1S/C26H50O5/c1-4-23(2)19-17-15-13-11-9-7-5-6-8-10-12-14-16-18-20-26(29)31-22-25(28)21-30-24(3)27/h23,25,28H,4-22H2,1-3H3. The summed E-state index contributed by atoms with van der Waals surface area (Å²) in [6.45, 7) is 5.67. The lowest BCUT2D eigenvalue weighted by atomic mass is 9.99. The van der Waals surface area contributed by atoms with Crippen LogP contribution in [0.4, 0.5) is 0 Å². The first-order valence-electron chi connectivity index (χ1n) is 12.9. The van der Waals surface area contributed by atoms with Gasteiger partial charge in [0.15, 0.2) is 0 Å². The number of aliphatic hydroxyl groups excluding tert-OH is 1. The Morgan fingerprint density at radius 1 is 0.710 bits per heavy atom. The minimum Gasteiger partial charge on any atom is -0.463 e. The van der Waals surface area contributed by atoms with Crippen LogP contribution in [0.15, 0.2) is 0 Å². The minimum atomic E-state index is -0.952. The molecule has 2 atom stereocenters. The Bertz CT molecular complexity index is 424. The van der Waals surface area contributed by atoms with Gasteiger partial charge in [-0.25, -0.2) is 0 Å². The highest BCUT2D eigenvalue weighted by Gasteiger charge is 2.10. The summed E-state index contributed by atoms with van der Waals surface area (Å²) in [7, 11) is 0. The fraction of sp³-hybridized carbons (Fsp3) is 0.923. The van der Waals surface area contributed by atoms with Gasteiger partial charge in [-0.05, 0) is 12.3 Å². The zero-order chi connectivity index (χ0) is 23.2. The van der Waals surface area contributed by atoms with Crippen molar-refractivity contribution in [1.82, 2.24) is 0 Å². The van der Waals surface area contributed by atoms with E-state index >= 15 is 0 Å². The van der Waals surface area contributed by atoms with Crippen molar-refractivity contribution < 1.29 is 24.2 Å². The van der Waals surface area contributed by atoms with Crippen LogP contribution in [0.25, 0.3) is 0 Å². The molecule has 0 rings (SSSR count). The highest BCUT2D eigenvalue weighted by molar-refractivity contribution is 5.69. The zero-order valence-electron chi connectivity index (χ0n) is 20.7. The van der Waals surface area contributed by atoms with Crippen LogP contribution < -0.4 is 0 Å². The predicted molar refractivity (Wildman–Crippen MR) is 127 cm³/mol. The molecule has 5 heteroatoms. The number of esters is 2. The number of hydrogen-bond donors (Lipinski definition) is 1. The monoisotopic (exact) mass is 442 g/mol. The molecule has 0 amide bonds. The van der Waals surface area contributed by atoms with Crippen molar-refractivity contribution in [3.05, 3.63) is 0 Å². The number of carbonyl (C=O) groups excluding carboxylic acids is 2. The van der Waals surface area contributed by atoms with E-state index < -0.39 is 12.1 Å². The summed E-state index contributed by atoms with van der Waals surface area (Å²) in [5.41, 5.74) is 0. The molecule has 0 fully saturated rings. The van der Waals surface area contributed by atoms with E-state index in [1.165, 1.54) is 96.8 Å². The van der Waals surface area contributed by atoms with E-state index in [2.05, 4.69) is 18.6 Å². The van der Waals surface area contributed by atoms with E-state index in [1.807, 2.05) is 0 Å². The molecule has 0 aromatic carbocycles. The maximum atomic E-state index is 11.6. The molecule has 0 radical (unpaired) electrons. The summed E-state index contributed by atoms with van der Waals surface area (Å²) in [4.78, 5) is 22.3. The Labute approximate surface area is 191 Å². The van der Waals surface area contributed by atoms with E-state index in [-0.39, 0.29) is 19.2 Å². The van der Waals surface area contributed by atoms with Crippen LogP contribution in [-0.2, 0) is 19.1 Å². The summed E-state index contributed by atoms with van der Waals surface area (Å²) in [5.74, 6) is 0.156. The molecule has 2 unspecified atom stereocenters. The highest BCUT2D eigenvalue weighted by Crippen LogP contribution is 2.16. The largest absolute Gasteiger partial charge is 0.463 e. The first-order valence-corrected chi connectivity index (χ1v) is 12.9. The van der Waals surface area contributed by atoms with Crippen LogP contribution in [0.2, 0.25) is 0 Å². The van der Waals surface area contributed by atoms with Crippen molar-refractivity contribution in [3.63, 3.8) is 0 Å². The molecular weight excluding hydrogens is 392 g/mol. The number of unbranched alkanes of at least 4 members (excludes halogenated alkanes) is 13. The summed E-state index contributed by atoms with van der Waals surface area (Å²) < 4.78 is 9.64. The number of hydrogen-bond acceptors (Lipinski definition) is 5. The second-order valence-corrected chi connectivity index (χ2v) is 9.14. The molecule has 0 aliphatic carbocycles. The van der Waals surface area contributed by atoms with Crippen molar-refractivity contribution in [1.29, 1.82) is 0 Å². The summed E-state index contributed by atoms with van der Waals surface area (Å²) in [5, 5.41) is 9.52. The Kier molecular flexibility index (Phi) is 21.3. The summed E-state index contributed by atoms with van der Waals surface area (Å²) in [6.07, 6.45) is 20.3. The van der Waals surface area contributed by atoms with E-state index in [0.717, 1.165) is 18.8 Å². The summed E-state index contributed by atoms with van der Waals surface area (Å²) >= 11 is 0. The third-order valence-corrected chi connectivity index (χ3v) is 5.94. The number of ether oxygens (including phenoxy) is 2. The van der Waals surface area contributed by atoms with Gasteiger partial charge >= 0.3 is 11.9 Å². The van der Waals surface area contributed by atoms with Gasteiger partial charge in [-0.1, -0.05) is 110 Å². The van der Waals surface area contributed by atoms with Crippen molar-refractivity contribution in [2.75, 3.05) is 13.2 Å². The fourth-order valence-corrected chi connectivity index (χ4v) is 3.61. The van der Waals surface area contributed by atoms with Gasteiger partial charge in [-0.2, -0.15) is 0 Å². The Morgan fingerprint density at radius 2 is 1.13 bits per heavy atom. The SMILES string of the molecule is CCC(C)CCCCCCCCCCCCCCCCC(=O)OCC(O)COC(C)=O. The lowest BCUT2D eigenvalue weighted by Crippen LogP contribution is -2.24. The molecule has 5 nitrogen and oxygen atoms in total. The molecule has 31 heavy (non-hydrogen) atoms. The van der Waals surface area contributed by atoms with E-state index in [1.54, 1.807) is 0 Å². The fourth-order valence-electron chi connectivity index (χ4n) is 3.61. The van der Waals surface area contributed by atoms with E-state index in [4.69, 9.17) is 4.74 Å². The molecule has 0 aromatic rings. The van der Waals surface area contributed by atoms with E-state index in [9.17, 15) is 14.7 Å². The molecule has 0 aromatic heterocycles. The highest BCUT2D eigenvalue weighted by atomic mass is 16.6. The number of rotatable bonds is 22. The van der Waals surface area contributed by atoms with Gasteiger partial charge in [0.25, 0.3) is 0 Å². The quantitative estimate of drug-likeness (QED) is 0.148. The van der Waals surface area contributed by atoms with Gasteiger partial charge < -0.3 is 14.6 Å². The van der Waals surface area contributed by atoms with Gasteiger partial charge in [0.1, 0.15) is 19.3 Å². The molecule has 0 saturated heterocycles. The Morgan fingerprint density at radius 3 is 1.58 bits per heavy atom. The third kappa shape index (κ3) is 23.4. The van der Waals surface area contributed by atoms with Gasteiger partial charge in [0.2, 0.25) is 0 Å². The van der Waals surface area contributed by atoms with Gasteiger partial charge in [-0.15, -0.1) is 0 Å². The van der Waals surface area contributed by atoms with Crippen LogP contribution in [0.3, 0.4) is 0 Å². The van der Waals surface area contributed by atoms with Crippen LogP contribution >= 0.6 is 0 Å². The van der Waals surface area contributed by atoms with Crippen molar-refractivity contribution in [2.45, 2.75) is 136 Å². The topological polar surface area (TPSA) is 72.8 Å². The molecular formula is C26H50O5. The van der Waals surface area contributed by atoms with Gasteiger partial charge in [-0.3, -0.25) is 9.59 Å². The minimum absolute atomic E-state index is 0.121. The molecule has 184 valence electrons. The molecule has 1 N–H and O–H groups in total. The molecule has 0 saturated carbocycles. The van der Waals surface area contributed by atoms with Crippen LogP contribution in [-0.4, -0.2) is 36.4 Å². The Hall–Kier alpha value is -1.10. The molecule has 0 aliphatic heterocycles. The van der Waals surface area contributed by atoms with Crippen molar-refractivity contribution in [3.8, 4) is 0 Å². The van der Waals surface area contributed by atoms with Crippen molar-refractivity contribution >= 4 is 11.9 Å². The molecule has 0 aliphatic rings. The van der Waals surface area contributed by atoms with Crippen molar-refractivity contribution in [2.24, 2.45) is 5.92 Å². The maximum absolute atomic E-state index is 11.6. The van der Waals surface area contributed by atoms with Crippen LogP contribution in [0.1, 0.15) is 130 Å². The smallest absolute Gasteiger partial charge is 0.305 e. The maximum Gasteiger partial charge on any atom is 0.305 e. The van der Waals surface area contributed by atoms with Crippen LogP contribution in [0, 0.1) is 5.92 Å². The normalized spacial score (nSPS) is 13.0. The lowest BCUT2D eigenvalue weighted by molar-refractivity contribution is -0.151. The van der Waals surface area contributed by atoms with Crippen LogP contribution in [0.5, 0.6) is 0 Å². The average Bonchev–Trinajstić information content (AvgIpc) is 2.75.